The Hall–Kier alpha value is -4.09. The van der Waals surface area contributed by atoms with Gasteiger partial charge in [-0.2, -0.15) is 0 Å². The molecule has 0 bridgehead atoms. The number of amides is 2. The molecule has 5 rings (SSSR count). The van der Waals surface area contributed by atoms with E-state index in [1.54, 1.807) is 6.33 Å². The maximum atomic E-state index is 12.0. The van der Waals surface area contributed by atoms with E-state index in [2.05, 4.69) is 25.6 Å². The highest BCUT2D eigenvalue weighted by Crippen LogP contribution is 2.42. The van der Waals surface area contributed by atoms with Crippen LogP contribution in [-0.4, -0.2) is 61.7 Å². The smallest absolute Gasteiger partial charge is 0.320 e. The zero-order valence-electron chi connectivity index (χ0n) is 19.6. The van der Waals surface area contributed by atoms with Gasteiger partial charge in [0.15, 0.2) is 23.3 Å². The van der Waals surface area contributed by atoms with Crippen molar-refractivity contribution < 1.29 is 24.2 Å². The van der Waals surface area contributed by atoms with E-state index < -0.39 is 24.5 Å². The Morgan fingerprint density at radius 2 is 2.00 bits per heavy atom. The minimum absolute atomic E-state index is 0.0108. The Kier molecular flexibility index (Phi) is 6.74. The molecule has 36 heavy (non-hydrogen) atoms. The fraction of sp³-hybridized carbons (Fsp3) is 0.320. The fourth-order valence-corrected chi connectivity index (χ4v) is 4.48. The number of nitrogens with zero attached hydrogens (tertiary/aromatic N) is 4. The van der Waals surface area contributed by atoms with Crippen LogP contribution in [0.5, 0.6) is 0 Å². The van der Waals surface area contributed by atoms with E-state index in [1.807, 2.05) is 60.1 Å². The highest BCUT2D eigenvalue weighted by molar-refractivity contribution is 5.95. The number of carbonyl (C=O) groups is 2. The summed E-state index contributed by atoms with van der Waals surface area (Å²) in [6.45, 7) is 2.29. The molecular formula is C25H26N6O5. The Bertz CT molecular complexity index is 1320. The monoisotopic (exact) mass is 490 g/mol. The predicted molar refractivity (Wildman–Crippen MR) is 131 cm³/mol. The quantitative estimate of drug-likeness (QED) is 0.409. The van der Waals surface area contributed by atoms with Crippen molar-refractivity contribution in [3.05, 3.63) is 66.3 Å². The van der Waals surface area contributed by atoms with Crippen LogP contribution in [0, 0.1) is 0 Å². The molecule has 3 heterocycles. The molecule has 1 aliphatic heterocycles. The molecule has 4 atom stereocenters. The van der Waals surface area contributed by atoms with E-state index in [-0.39, 0.29) is 18.5 Å². The molecular weight excluding hydrogens is 464 g/mol. The van der Waals surface area contributed by atoms with Gasteiger partial charge in [-0.3, -0.25) is 10.1 Å². The summed E-state index contributed by atoms with van der Waals surface area (Å²) in [5.74, 6) is -0.584. The average Bonchev–Trinajstić information content (AvgIpc) is 3.56. The van der Waals surface area contributed by atoms with Gasteiger partial charge in [0.25, 0.3) is 0 Å². The minimum atomic E-state index is -0.878. The highest BCUT2D eigenvalue weighted by Gasteiger charge is 2.47. The summed E-state index contributed by atoms with van der Waals surface area (Å²) in [5, 5.41) is 14.6. The van der Waals surface area contributed by atoms with Crippen molar-refractivity contribution >= 4 is 35.1 Å². The maximum absolute atomic E-state index is 12.0. The van der Waals surface area contributed by atoms with E-state index in [1.165, 1.54) is 6.33 Å². The molecule has 186 valence electrons. The third-order valence-electron chi connectivity index (χ3n) is 6.08. The number of aliphatic carboxylic acids is 1. The number of hydrogen-bond donors (Lipinski definition) is 3. The van der Waals surface area contributed by atoms with E-state index in [4.69, 9.17) is 9.47 Å². The lowest BCUT2D eigenvalue weighted by Crippen LogP contribution is -2.29. The summed E-state index contributed by atoms with van der Waals surface area (Å²) < 4.78 is 14.3. The minimum Gasteiger partial charge on any atom is -0.481 e. The lowest BCUT2D eigenvalue weighted by Gasteiger charge is -2.19. The number of carboxylic acids is 1. The molecule has 0 spiro atoms. The highest BCUT2D eigenvalue weighted by atomic mass is 16.7. The fourth-order valence-electron chi connectivity index (χ4n) is 4.48. The number of carboxylic acid groups (broad SMARTS) is 1. The van der Waals surface area contributed by atoms with E-state index in [0.717, 1.165) is 11.1 Å². The zero-order chi connectivity index (χ0) is 25.1. The predicted octanol–water partition coefficient (Wildman–Crippen LogP) is 3.14. The van der Waals surface area contributed by atoms with E-state index >= 15 is 0 Å². The SMILES string of the molecule is CCNC(=O)Nc1ncnc2c1ncn2C1C=C(CCC(=O)O)[C@H]2O[C@@H](C=Cc3ccccc3)OC12. The Morgan fingerprint density at radius 1 is 1.17 bits per heavy atom. The van der Waals surface area contributed by atoms with Gasteiger partial charge in [-0.05, 0) is 30.6 Å². The van der Waals surface area contributed by atoms with Gasteiger partial charge in [-0.1, -0.05) is 42.5 Å². The molecule has 2 aromatic heterocycles. The zero-order valence-corrected chi connectivity index (χ0v) is 19.6. The second kappa shape index (κ2) is 10.3. The first-order valence-electron chi connectivity index (χ1n) is 11.7. The maximum Gasteiger partial charge on any atom is 0.320 e. The van der Waals surface area contributed by atoms with Crippen molar-refractivity contribution in [2.24, 2.45) is 0 Å². The van der Waals surface area contributed by atoms with Crippen LogP contribution in [0.3, 0.4) is 0 Å². The number of fused-ring (bicyclic) bond motifs is 2. The van der Waals surface area contributed by atoms with Gasteiger partial charge in [0.2, 0.25) is 0 Å². The number of nitrogens with one attached hydrogen (secondary N) is 2. The van der Waals surface area contributed by atoms with Crippen LogP contribution in [0.1, 0.15) is 31.4 Å². The first kappa shape index (κ1) is 23.6. The van der Waals surface area contributed by atoms with Crippen LogP contribution in [0.25, 0.3) is 17.2 Å². The summed E-state index contributed by atoms with van der Waals surface area (Å²) >= 11 is 0. The average molecular weight is 491 g/mol. The molecule has 2 aliphatic rings. The lowest BCUT2D eigenvalue weighted by atomic mass is 10.1. The summed E-state index contributed by atoms with van der Waals surface area (Å²) in [7, 11) is 0. The summed E-state index contributed by atoms with van der Waals surface area (Å²) in [6, 6.07) is 9.11. The molecule has 3 aromatic rings. The number of anilines is 1. The van der Waals surface area contributed by atoms with Crippen molar-refractivity contribution in [1.82, 2.24) is 24.8 Å². The summed E-state index contributed by atoms with van der Waals surface area (Å²) in [4.78, 5) is 36.3. The topological polar surface area (TPSA) is 140 Å². The molecule has 3 N–H and O–H groups in total. The molecule has 1 saturated heterocycles. The van der Waals surface area contributed by atoms with Crippen molar-refractivity contribution in [3.63, 3.8) is 0 Å². The molecule has 11 nitrogen and oxygen atoms in total. The number of ether oxygens (including phenoxy) is 2. The Morgan fingerprint density at radius 3 is 2.78 bits per heavy atom. The first-order valence-corrected chi connectivity index (χ1v) is 11.7. The standard InChI is InChI=1S/C25H26N6O5/c1-2-26-25(34)30-23-20-24(28-13-27-23)31(14-29-20)17-12-16(9-10-18(32)33)21-22(17)36-19(35-21)11-8-15-6-4-3-5-7-15/h3-8,11-14,17,19,21-22H,2,9-10H2,1H3,(H,32,33)(H2,26,27,28,30,34)/t17?,19-,21-,22?/m1/s1. The molecule has 1 fully saturated rings. The van der Waals surface area contributed by atoms with Crippen molar-refractivity contribution in [1.29, 1.82) is 0 Å². The number of aromatic nitrogens is 4. The van der Waals surface area contributed by atoms with Gasteiger partial charge in [-0.25, -0.2) is 19.7 Å². The normalized spacial score (nSPS) is 23.1. The van der Waals surface area contributed by atoms with Gasteiger partial charge in [0.1, 0.15) is 18.5 Å². The number of hydrogen-bond acceptors (Lipinski definition) is 7. The van der Waals surface area contributed by atoms with Crippen LogP contribution in [0.4, 0.5) is 10.6 Å². The van der Waals surface area contributed by atoms with Crippen LogP contribution in [0.15, 0.2) is 60.7 Å². The molecule has 2 unspecified atom stereocenters. The second-order valence-electron chi connectivity index (χ2n) is 8.45. The summed E-state index contributed by atoms with van der Waals surface area (Å²) in [5.41, 5.74) is 2.83. The molecule has 11 heteroatoms. The lowest BCUT2D eigenvalue weighted by molar-refractivity contribution is -0.137. The van der Waals surface area contributed by atoms with Crippen molar-refractivity contribution in [2.45, 2.75) is 44.3 Å². The molecule has 0 saturated carbocycles. The van der Waals surface area contributed by atoms with Crippen LogP contribution in [0.2, 0.25) is 0 Å². The van der Waals surface area contributed by atoms with Crippen molar-refractivity contribution in [3.8, 4) is 0 Å². The van der Waals surface area contributed by atoms with Gasteiger partial charge >= 0.3 is 12.0 Å². The van der Waals surface area contributed by atoms with Gasteiger partial charge in [0.05, 0.1) is 12.4 Å². The Labute approximate surface area is 206 Å². The van der Waals surface area contributed by atoms with Crippen LogP contribution < -0.4 is 10.6 Å². The van der Waals surface area contributed by atoms with E-state index in [0.29, 0.717) is 29.9 Å². The van der Waals surface area contributed by atoms with Gasteiger partial charge in [-0.15, -0.1) is 0 Å². The molecule has 1 aromatic carbocycles. The molecule has 0 radical (unpaired) electrons. The second-order valence-corrected chi connectivity index (χ2v) is 8.45. The van der Waals surface area contributed by atoms with Crippen LogP contribution in [-0.2, 0) is 14.3 Å². The number of urea groups is 1. The Balaban J connectivity index is 1.43. The molecule has 2 amide bonds. The largest absolute Gasteiger partial charge is 0.481 e. The molecule has 1 aliphatic carbocycles. The number of benzene rings is 1. The van der Waals surface area contributed by atoms with E-state index in [9.17, 15) is 14.7 Å². The van der Waals surface area contributed by atoms with Crippen LogP contribution >= 0.6 is 0 Å². The van der Waals surface area contributed by atoms with Crippen molar-refractivity contribution in [2.75, 3.05) is 11.9 Å². The van der Waals surface area contributed by atoms with Gasteiger partial charge < -0.3 is 24.5 Å². The number of carbonyl (C=O) groups excluding carboxylic acids is 1. The third-order valence-corrected chi connectivity index (χ3v) is 6.08. The number of rotatable bonds is 8. The van der Waals surface area contributed by atoms with Gasteiger partial charge in [0, 0.05) is 13.0 Å². The summed E-state index contributed by atoms with van der Waals surface area (Å²) in [6.07, 6.45) is 7.69. The first-order chi connectivity index (χ1) is 17.5. The number of imidazole rings is 1. The third kappa shape index (κ3) is 4.83.